The van der Waals surface area contributed by atoms with Gasteiger partial charge in [-0.2, -0.15) is 10.1 Å². The van der Waals surface area contributed by atoms with Gasteiger partial charge in [0.25, 0.3) is 0 Å². The summed E-state index contributed by atoms with van der Waals surface area (Å²) in [6.07, 6.45) is 2.58. The van der Waals surface area contributed by atoms with Crippen molar-refractivity contribution in [1.82, 2.24) is 9.97 Å². The van der Waals surface area contributed by atoms with E-state index in [1.807, 2.05) is 49.4 Å². The third-order valence-corrected chi connectivity index (χ3v) is 2.98. The van der Waals surface area contributed by atoms with E-state index in [-0.39, 0.29) is 12.1 Å². The SMILES string of the molecule is CCC(N=Nc1nc2ccccc2o1)c1ccccn1. The molecule has 0 saturated heterocycles. The molecule has 1 unspecified atom stereocenters. The Morgan fingerprint density at radius 2 is 2.00 bits per heavy atom. The minimum absolute atomic E-state index is 0.0776. The zero-order valence-electron chi connectivity index (χ0n) is 11.1. The van der Waals surface area contributed by atoms with E-state index in [4.69, 9.17) is 4.42 Å². The van der Waals surface area contributed by atoms with Crippen LogP contribution in [0.25, 0.3) is 11.1 Å². The first-order valence-electron chi connectivity index (χ1n) is 6.54. The normalized spacial score (nSPS) is 13.1. The summed E-state index contributed by atoms with van der Waals surface area (Å²) in [7, 11) is 0. The van der Waals surface area contributed by atoms with Crippen molar-refractivity contribution in [2.24, 2.45) is 10.2 Å². The lowest BCUT2D eigenvalue weighted by atomic mass is 10.1. The minimum Gasteiger partial charge on any atom is -0.421 e. The van der Waals surface area contributed by atoms with E-state index in [0.29, 0.717) is 5.58 Å². The Labute approximate surface area is 116 Å². The molecule has 0 aliphatic rings. The van der Waals surface area contributed by atoms with E-state index in [1.54, 1.807) is 6.20 Å². The molecule has 0 saturated carbocycles. The molecular weight excluding hydrogens is 252 g/mol. The summed E-state index contributed by atoms with van der Waals surface area (Å²) in [5.74, 6) is 0. The van der Waals surface area contributed by atoms with Crippen molar-refractivity contribution in [2.45, 2.75) is 19.4 Å². The Morgan fingerprint density at radius 3 is 2.75 bits per heavy atom. The first kappa shape index (κ1) is 12.5. The van der Waals surface area contributed by atoms with Gasteiger partial charge in [0.15, 0.2) is 5.58 Å². The van der Waals surface area contributed by atoms with Gasteiger partial charge in [0.2, 0.25) is 0 Å². The van der Waals surface area contributed by atoms with Crippen molar-refractivity contribution in [3.63, 3.8) is 0 Å². The third kappa shape index (κ3) is 2.56. The van der Waals surface area contributed by atoms with E-state index < -0.39 is 0 Å². The van der Waals surface area contributed by atoms with Gasteiger partial charge >= 0.3 is 6.01 Å². The number of oxazole rings is 1. The van der Waals surface area contributed by atoms with Crippen LogP contribution in [0.3, 0.4) is 0 Å². The first-order chi connectivity index (χ1) is 9.86. The minimum atomic E-state index is -0.0776. The van der Waals surface area contributed by atoms with Crippen molar-refractivity contribution in [3.05, 3.63) is 54.4 Å². The Bertz CT molecular complexity index is 688. The third-order valence-electron chi connectivity index (χ3n) is 2.98. The summed E-state index contributed by atoms with van der Waals surface area (Å²) in [5, 5.41) is 8.38. The molecule has 3 aromatic rings. The van der Waals surface area contributed by atoms with E-state index in [2.05, 4.69) is 20.2 Å². The lowest BCUT2D eigenvalue weighted by Gasteiger charge is -2.05. The molecule has 0 radical (unpaired) electrons. The maximum atomic E-state index is 5.51. The second kappa shape index (κ2) is 5.61. The summed E-state index contributed by atoms with van der Waals surface area (Å²) in [5.41, 5.74) is 2.40. The number of fused-ring (bicyclic) bond motifs is 1. The average Bonchev–Trinajstić information content (AvgIpc) is 2.92. The van der Waals surface area contributed by atoms with Gasteiger partial charge in [0.05, 0.1) is 5.69 Å². The van der Waals surface area contributed by atoms with Crippen LogP contribution in [0.1, 0.15) is 25.1 Å². The largest absolute Gasteiger partial charge is 0.421 e. The number of para-hydroxylation sites is 2. The number of pyridine rings is 1. The van der Waals surface area contributed by atoms with Crippen molar-refractivity contribution in [3.8, 4) is 0 Å². The molecule has 3 rings (SSSR count). The Kier molecular flexibility index (Phi) is 3.50. The average molecular weight is 266 g/mol. The maximum Gasteiger partial charge on any atom is 0.341 e. The second-order valence-electron chi connectivity index (χ2n) is 4.36. The standard InChI is InChI=1S/C15H14N4O/c1-2-11(12-7-5-6-10-16-12)18-19-15-17-13-8-3-4-9-14(13)20-15/h3-11H,2H2,1H3. The molecule has 5 nitrogen and oxygen atoms in total. The predicted molar refractivity (Wildman–Crippen MR) is 75.8 cm³/mol. The van der Waals surface area contributed by atoms with Crippen molar-refractivity contribution >= 4 is 17.1 Å². The summed E-state index contributed by atoms with van der Waals surface area (Å²) in [4.78, 5) is 8.57. The fourth-order valence-corrected chi connectivity index (χ4v) is 1.94. The number of aromatic nitrogens is 2. The summed E-state index contributed by atoms with van der Waals surface area (Å²) in [6.45, 7) is 2.05. The molecule has 5 heteroatoms. The van der Waals surface area contributed by atoms with Crippen LogP contribution in [0.15, 0.2) is 63.3 Å². The Morgan fingerprint density at radius 1 is 1.15 bits per heavy atom. The highest BCUT2D eigenvalue weighted by molar-refractivity contribution is 5.73. The smallest absolute Gasteiger partial charge is 0.341 e. The van der Waals surface area contributed by atoms with Gasteiger partial charge in [-0.15, -0.1) is 0 Å². The van der Waals surface area contributed by atoms with E-state index in [1.165, 1.54) is 0 Å². The molecule has 2 aromatic heterocycles. The topological polar surface area (TPSA) is 63.6 Å². The molecule has 2 heterocycles. The monoisotopic (exact) mass is 266 g/mol. The van der Waals surface area contributed by atoms with Gasteiger partial charge in [0.1, 0.15) is 11.6 Å². The molecule has 1 atom stereocenters. The van der Waals surface area contributed by atoms with Crippen LogP contribution in [-0.2, 0) is 0 Å². The van der Waals surface area contributed by atoms with Gasteiger partial charge in [0, 0.05) is 6.20 Å². The molecule has 0 fully saturated rings. The molecule has 0 spiro atoms. The van der Waals surface area contributed by atoms with Crippen molar-refractivity contribution in [1.29, 1.82) is 0 Å². The molecule has 20 heavy (non-hydrogen) atoms. The zero-order valence-corrected chi connectivity index (χ0v) is 11.1. The van der Waals surface area contributed by atoms with Crippen molar-refractivity contribution < 1.29 is 4.42 Å². The fourth-order valence-electron chi connectivity index (χ4n) is 1.94. The molecule has 1 aromatic carbocycles. The number of rotatable bonds is 4. The van der Waals surface area contributed by atoms with Crippen LogP contribution < -0.4 is 0 Å². The fraction of sp³-hybridized carbons (Fsp3) is 0.200. The second-order valence-corrected chi connectivity index (χ2v) is 4.36. The quantitative estimate of drug-likeness (QED) is 0.655. The summed E-state index contributed by atoms with van der Waals surface area (Å²) < 4.78 is 5.51. The molecule has 0 bridgehead atoms. The predicted octanol–water partition coefficient (Wildman–Crippen LogP) is 4.46. The number of hydrogen-bond acceptors (Lipinski definition) is 5. The zero-order chi connectivity index (χ0) is 13.8. The van der Waals surface area contributed by atoms with Gasteiger partial charge in [-0.05, 0) is 30.7 Å². The number of benzene rings is 1. The van der Waals surface area contributed by atoms with Crippen LogP contribution in [0, 0.1) is 0 Å². The molecule has 0 N–H and O–H groups in total. The number of nitrogens with zero attached hydrogens (tertiary/aromatic N) is 4. The van der Waals surface area contributed by atoms with E-state index in [9.17, 15) is 0 Å². The Balaban J connectivity index is 1.85. The van der Waals surface area contributed by atoms with Crippen LogP contribution in [0.4, 0.5) is 6.01 Å². The van der Waals surface area contributed by atoms with E-state index >= 15 is 0 Å². The number of azo groups is 1. The lowest BCUT2D eigenvalue weighted by Crippen LogP contribution is -1.95. The molecule has 0 aliphatic carbocycles. The highest BCUT2D eigenvalue weighted by Crippen LogP contribution is 2.24. The molecule has 100 valence electrons. The van der Waals surface area contributed by atoms with Crippen LogP contribution in [-0.4, -0.2) is 9.97 Å². The van der Waals surface area contributed by atoms with Crippen molar-refractivity contribution in [2.75, 3.05) is 0 Å². The number of hydrogen-bond donors (Lipinski definition) is 0. The van der Waals surface area contributed by atoms with Gasteiger partial charge in [-0.1, -0.05) is 30.2 Å². The molecular formula is C15H14N4O. The summed E-state index contributed by atoms with van der Waals surface area (Å²) in [6, 6.07) is 13.5. The van der Waals surface area contributed by atoms with Gasteiger partial charge < -0.3 is 4.42 Å². The summed E-state index contributed by atoms with van der Waals surface area (Å²) >= 11 is 0. The van der Waals surface area contributed by atoms with E-state index in [0.717, 1.165) is 17.6 Å². The van der Waals surface area contributed by atoms with Crippen LogP contribution >= 0.6 is 0 Å². The van der Waals surface area contributed by atoms with Gasteiger partial charge in [-0.3, -0.25) is 4.98 Å². The highest BCUT2D eigenvalue weighted by Gasteiger charge is 2.10. The Hall–Kier alpha value is -2.56. The maximum absolute atomic E-state index is 5.51. The lowest BCUT2D eigenvalue weighted by molar-refractivity contribution is 0.579. The van der Waals surface area contributed by atoms with Gasteiger partial charge in [-0.25, -0.2) is 0 Å². The highest BCUT2D eigenvalue weighted by atomic mass is 16.4. The first-order valence-corrected chi connectivity index (χ1v) is 6.54. The molecule has 0 aliphatic heterocycles. The van der Waals surface area contributed by atoms with Crippen LogP contribution in [0.5, 0.6) is 0 Å². The molecule has 0 amide bonds. The van der Waals surface area contributed by atoms with Crippen LogP contribution in [0.2, 0.25) is 0 Å².